The van der Waals surface area contributed by atoms with Crippen LogP contribution in [-0.4, -0.2) is 17.3 Å². The quantitative estimate of drug-likeness (QED) is 0.857. The zero-order valence-corrected chi connectivity index (χ0v) is 11.4. The monoisotopic (exact) mass is 280 g/mol. The molecule has 0 atom stereocenters. The molecule has 0 aliphatic carbocycles. The third kappa shape index (κ3) is 3.06. The van der Waals surface area contributed by atoms with Crippen LogP contribution < -0.4 is 0 Å². The summed E-state index contributed by atoms with van der Waals surface area (Å²) in [7, 11) is 0. The van der Waals surface area contributed by atoms with Crippen molar-refractivity contribution < 1.29 is 9.90 Å². The van der Waals surface area contributed by atoms with E-state index in [-0.39, 0.29) is 12.4 Å². The molecule has 2 aromatic carbocycles. The summed E-state index contributed by atoms with van der Waals surface area (Å²) in [6, 6.07) is 15.0. The van der Waals surface area contributed by atoms with Crippen LogP contribution in [0.1, 0.15) is 10.4 Å². The van der Waals surface area contributed by atoms with Crippen LogP contribution in [0.25, 0.3) is 11.1 Å². The molecule has 0 aliphatic heterocycles. The van der Waals surface area contributed by atoms with Crippen LogP contribution >= 0.6 is 24.2 Å². The van der Waals surface area contributed by atoms with Gasteiger partial charge in [-0.05, 0) is 35.6 Å². The average molecular weight is 281 g/mol. The summed E-state index contributed by atoms with van der Waals surface area (Å²) in [4.78, 5) is 12.0. The highest BCUT2D eigenvalue weighted by atomic mass is 35.5. The lowest BCUT2D eigenvalue weighted by Gasteiger charge is -2.07. The first-order chi connectivity index (χ1) is 8.22. The number of halogens is 1. The standard InChI is InChI=1S/C14H12O2S.ClH/c1-17-13-5-3-2-4-12(13)10-6-8-11(9-7-10)14(15)16;/h2-9H,1H3,(H,15,16);1H. The molecule has 1 N–H and O–H groups in total. The van der Waals surface area contributed by atoms with Gasteiger partial charge in [-0.15, -0.1) is 24.2 Å². The Labute approximate surface area is 116 Å². The molecule has 0 aliphatic rings. The van der Waals surface area contributed by atoms with E-state index in [1.807, 2.05) is 36.6 Å². The predicted molar refractivity (Wildman–Crippen MR) is 77.9 cm³/mol. The molecule has 4 heteroatoms. The van der Waals surface area contributed by atoms with Crippen molar-refractivity contribution in [3.63, 3.8) is 0 Å². The van der Waals surface area contributed by atoms with Crippen molar-refractivity contribution in [1.29, 1.82) is 0 Å². The highest BCUT2D eigenvalue weighted by Crippen LogP contribution is 2.29. The van der Waals surface area contributed by atoms with E-state index in [1.54, 1.807) is 23.9 Å². The minimum atomic E-state index is -0.894. The molecule has 0 unspecified atom stereocenters. The normalized spacial score (nSPS) is 9.61. The van der Waals surface area contributed by atoms with Crippen LogP contribution in [0.4, 0.5) is 0 Å². The molecule has 2 rings (SSSR count). The van der Waals surface area contributed by atoms with Gasteiger partial charge in [-0.25, -0.2) is 4.79 Å². The highest BCUT2D eigenvalue weighted by Gasteiger charge is 2.05. The summed E-state index contributed by atoms with van der Waals surface area (Å²) >= 11 is 1.68. The topological polar surface area (TPSA) is 37.3 Å². The lowest BCUT2D eigenvalue weighted by atomic mass is 10.0. The molecule has 2 aromatic rings. The SMILES string of the molecule is CSc1ccccc1-c1ccc(C(=O)O)cc1.Cl. The first-order valence-corrected chi connectivity index (χ1v) is 6.41. The van der Waals surface area contributed by atoms with Crippen molar-refractivity contribution in [2.24, 2.45) is 0 Å². The van der Waals surface area contributed by atoms with E-state index in [9.17, 15) is 4.79 Å². The first kappa shape index (κ1) is 14.6. The van der Waals surface area contributed by atoms with Gasteiger partial charge in [0.05, 0.1) is 5.56 Å². The maximum absolute atomic E-state index is 10.8. The van der Waals surface area contributed by atoms with Crippen molar-refractivity contribution in [2.75, 3.05) is 6.26 Å². The van der Waals surface area contributed by atoms with Crippen LogP contribution in [0.2, 0.25) is 0 Å². The number of carboxylic acid groups (broad SMARTS) is 1. The van der Waals surface area contributed by atoms with Crippen molar-refractivity contribution >= 4 is 30.1 Å². The molecule has 18 heavy (non-hydrogen) atoms. The van der Waals surface area contributed by atoms with E-state index in [0.29, 0.717) is 5.56 Å². The third-order valence-electron chi connectivity index (χ3n) is 2.55. The largest absolute Gasteiger partial charge is 0.478 e. The van der Waals surface area contributed by atoms with Gasteiger partial charge in [0, 0.05) is 4.90 Å². The fourth-order valence-electron chi connectivity index (χ4n) is 1.68. The molecule has 2 nitrogen and oxygen atoms in total. The molecule has 0 aromatic heterocycles. The first-order valence-electron chi connectivity index (χ1n) is 5.19. The van der Waals surface area contributed by atoms with Gasteiger partial charge in [0.25, 0.3) is 0 Å². The smallest absolute Gasteiger partial charge is 0.335 e. The molecule has 0 fully saturated rings. The van der Waals surface area contributed by atoms with Crippen LogP contribution in [0.3, 0.4) is 0 Å². The Morgan fingerprint density at radius 1 is 1.06 bits per heavy atom. The Hall–Kier alpha value is -1.45. The number of benzene rings is 2. The van der Waals surface area contributed by atoms with E-state index >= 15 is 0 Å². The number of hydrogen-bond donors (Lipinski definition) is 1. The maximum Gasteiger partial charge on any atom is 0.335 e. The Kier molecular flexibility index (Phi) is 5.25. The van der Waals surface area contributed by atoms with Crippen molar-refractivity contribution in [3.8, 4) is 11.1 Å². The average Bonchev–Trinajstić information content (AvgIpc) is 2.39. The summed E-state index contributed by atoms with van der Waals surface area (Å²) < 4.78 is 0. The fourth-order valence-corrected chi connectivity index (χ4v) is 2.30. The van der Waals surface area contributed by atoms with Gasteiger partial charge in [0.2, 0.25) is 0 Å². The molecule has 0 saturated heterocycles. The van der Waals surface area contributed by atoms with Crippen molar-refractivity contribution in [3.05, 3.63) is 54.1 Å². The van der Waals surface area contributed by atoms with E-state index in [4.69, 9.17) is 5.11 Å². The van der Waals surface area contributed by atoms with Gasteiger partial charge in [-0.1, -0.05) is 30.3 Å². The number of rotatable bonds is 3. The Balaban J connectivity index is 0.00000162. The van der Waals surface area contributed by atoms with Gasteiger partial charge in [-0.3, -0.25) is 0 Å². The van der Waals surface area contributed by atoms with Crippen LogP contribution in [-0.2, 0) is 0 Å². The Bertz CT molecular complexity index is 538. The Morgan fingerprint density at radius 3 is 2.22 bits per heavy atom. The zero-order chi connectivity index (χ0) is 12.3. The summed E-state index contributed by atoms with van der Waals surface area (Å²) in [5.41, 5.74) is 2.49. The molecule has 0 bridgehead atoms. The maximum atomic E-state index is 10.8. The number of thioether (sulfide) groups is 1. The second-order valence-electron chi connectivity index (χ2n) is 3.58. The molecule has 0 amide bonds. The second kappa shape index (κ2) is 6.47. The lowest BCUT2D eigenvalue weighted by Crippen LogP contribution is -1.95. The fraction of sp³-hybridized carbons (Fsp3) is 0.0714. The summed E-state index contributed by atoms with van der Waals surface area (Å²) in [5.74, 6) is -0.894. The summed E-state index contributed by atoms with van der Waals surface area (Å²) in [5, 5.41) is 8.84. The molecular weight excluding hydrogens is 268 g/mol. The lowest BCUT2D eigenvalue weighted by molar-refractivity contribution is 0.0697. The van der Waals surface area contributed by atoms with Gasteiger partial charge >= 0.3 is 5.97 Å². The number of carbonyl (C=O) groups is 1. The summed E-state index contributed by atoms with van der Waals surface area (Å²) in [6.45, 7) is 0. The van der Waals surface area contributed by atoms with Crippen molar-refractivity contribution in [2.45, 2.75) is 4.90 Å². The molecule has 0 spiro atoms. The van der Waals surface area contributed by atoms with Crippen molar-refractivity contribution in [1.82, 2.24) is 0 Å². The van der Waals surface area contributed by atoms with E-state index in [0.717, 1.165) is 11.1 Å². The zero-order valence-electron chi connectivity index (χ0n) is 9.79. The second-order valence-corrected chi connectivity index (χ2v) is 4.43. The Morgan fingerprint density at radius 2 is 1.67 bits per heavy atom. The van der Waals surface area contributed by atoms with Gasteiger partial charge < -0.3 is 5.11 Å². The predicted octanol–water partition coefficient (Wildman–Crippen LogP) is 4.20. The van der Waals surface area contributed by atoms with Gasteiger partial charge in [0.15, 0.2) is 0 Å². The minimum absolute atomic E-state index is 0. The molecule has 0 saturated carbocycles. The van der Waals surface area contributed by atoms with Gasteiger partial charge in [0.1, 0.15) is 0 Å². The van der Waals surface area contributed by atoms with E-state index in [1.165, 1.54) is 4.90 Å². The van der Waals surface area contributed by atoms with Gasteiger partial charge in [-0.2, -0.15) is 0 Å². The van der Waals surface area contributed by atoms with Crippen LogP contribution in [0.5, 0.6) is 0 Å². The van der Waals surface area contributed by atoms with Crippen LogP contribution in [0, 0.1) is 0 Å². The third-order valence-corrected chi connectivity index (χ3v) is 3.35. The van der Waals surface area contributed by atoms with E-state index < -0.39 is 5.97 Å². The number of aromatic carboxylic acids is 1. The molecule has 0 heterocycles. The minimum Gasteiger partial charge on any atom is -0.478 e. The highest BCUT2D eigenvalue weighted by molar-refractivity contribution is 7.98. The van der Waals surface area contributed by atoms with Crippen LogP contribution in [0.15, 0.2) is 53.4 Å². The molecule has 94 valence electrons. The molecule has 0 radical (unpaired) electrons. The molecular formula is C14H13ClO2S. The number of carboxylic acids is 1. The summed E-state index contributed by atoms with van der Waals surface area (Å²) in [6.07, 6.45) is 2.03. The van der Waals surface area contributed by atoms with E-state index in [2.05, 4.69) is 6.07 Å². The number of hydrogen-bond acceptors (Lipinski definition) is 2.